The highest BCUT2D eigenvalue weighted by atomic mass is 16.3. The van der Waals surface area contributed by atoms with Crippen molar-refractivity contribution in [1.82, 2.24) is 5.32 Å². The van der Waals surface area contributed by atoms with Gasteiger partial charge in [0.1, 0.15) is 0 Å². The molecule has 1 aliphatic rings. The van der Waals surface area contributed by atoms with Gasteiger partial charge in [-0.3, -0.25) is 0 Å². The first-order valence-corrected chi connectivity index (χ1v) is 5.15. The first-order valence-electron chi connectivity index (χ1n) is 5.15. The molecule has 12 heavy (non-hydrogen) atoms. The summed E-state index contributed by atoms with van der Waals surface area (Å²) in [5.41, 5.74) is 0. The van der Waals surface area contributed by atoms with Crippen LogP contribution in [0.15, 0.2) is 0 Å². The maximum absolute atomic E-state index is 9.73. The standard InChI is InChI=1S/C10H21NO/c1-3-4-10(12)9-7-8(2)5-6-11-9/h8-12H,3-7H2,1-2H3/t8-,9+,10-/m1/s1. The summed E-state index contributed by atoms with van der Waals surface area (Å²) in [5, 5.41) is 13.1. The van der Waals surface area contributed by atoms with E-state index in [0.29, 0.717) is 6.04 Å². The average Bonchev–Trinajstić information content (AvgIpc) is 2.05. The quantitative estimate of drug-likeness (QED) is 0.675. The SMILES string of the molecule is CCC[C@@H](O)[C@@H]1C[C@H](C)CCN1. The lowest BCUT2D eigenvalue weighted by Crippen LogP contribution is -2.45. The Labute approximate surface area is 75.4 Å². The maximum atomic E-state index is 9.73. The molecule has 1 fully saturated rings. The Kier molecular flexibility index (Phi) is 4.02. The minimum atomic E-state index is -0.127. The third-order valence-electron chi connectivity index (χ3n) is 2.75. The van der Waals surface area contributed by atoms with Gasteiger partial charge in [0.15, 0.2) is 0 Å². The van der Waals surface area contributed by atoms with Gasteiger partial charge in [0.2, 0.25) is 0 Å². The first kappa shape index (κ1) is 10.0. The predicted octanol–water partition coefficient (Wildman–Crippen LogP) is 1.54. The third kappa shape index (κ3) is 2.76. The van der Waals surface area contributed by atoms with Crippen molar-refractivity contribution in [2.24, 2.45) is 5.92 Å². The average molecular weight is 171 g/mol. The van der Waals surface area contributed by atoms with Gasteiger partial charge in [0, 0.05) is 6.04 Å². The molecule has 0 spiro atoms. The second kappa shape index (κ2) is 4.83. The Balaban J connectivity index is 2.29. The van der Waals surface area contributed by atoms with E-state index in [9.17, 15) is 5.11 Å². The van der Waals surface area contributed by atoms with Crippen molar-refractivity contribution in [3.8, 4) is 0 Å². The molecule has 0 amide bonds. The molecular weight excluding hydrogens is 150 g/mol. The normalized spacial score (nSPS) is 33.2. The van der Waals surface area contributed by atoms with E-state index in [1.165, 1.54) is 6.42 Å². The second-order valence-corrected chi connectivity index (χ2v) is 4.05. The summed E-state index contributed by atoms with van der Waals surface area (Å²) in [6.45, 7) is 5.47. The number of hydrogen-bond donors (Lipinski definition) is 2. The highest BCUT2D eigenvalue weighted by Gasteiger charge is 2.23. The van der Waals surface area contributed by atoms with Crippen LogP contribution in [-0.2, 0) is 0 Å². The fourth-order valence-electron chi connectivity index (χ4n) is 1.94. The fourth-order valence-corrected chi connectivity index (χ4v) is 1.94. The van der Waals surface area contributed by atoms with Crippen LogP contribution >= 0.6 is 0 Å². The Morgan fingerprint density at radius 1 is 1.58 bits per heavy atom. The molecular formula is C10H21NO. The topological polar surface area (TPSA) is 32.3 Å². The van der Waals surface area contributed by atoms with Crippen LogP contribution in [0, 0.1) is 5.92 Å². The van der Waals surface area contributed by atoms with Crippen LogP contribution in [0.25, 0.3) is 0 Å². The summed E-state index contributed by atoms with van der Waals surface area (Å²) < 4.78 is 0. The summed E-state index contributed by atoms with van der Waals surface area (Å²) >= 11 is 0. The summed E-state index contributed by atoms with van der Waals surface area (Å²) in [7, 11) is 0. The van der Waals surface area contributed by atoms with Gasteiger partial charge in [0.25, 0.3) is 0 Å². The van der Waals surface area contributed by atoms with Crippen LogP contribution in [0.4, 0.5) is 0 Å². The van der Waals surface area contributed by atoms with Gasteiger partial charge in [-0.2, -0.15) is 0 Å². The Morgan fingerprint density at radius 3 is 2.92 bits per heavy atom. The molecule has 2 heteroatoms. The van der Waals surface area contributed by atoms with E-state index in [1.54, 1.807) is 0 Å². The summed E-state index contributed by atoms with van der Waals surface area (Å²) in [4.78, 5) is 0. The van der Waals surface area contributed by atoms with E-state index in [4.69, 9.17) is 0 Å². The molecule has 1 heterocycles. The summed E-state index contributed by atoms with van der Waals surface area (Å²) in [5.74, 6) is 0.780. The van der Waals surface area contributed by atoms with Gasteiger partial charge >= 0.3 is 0 Å². The van der Waals surface area contributed by atoms with Crippen molar-refractivity contribution in [2.45, 2.75) is 51.7 Å². The lowest BCUT2D eigenvalue weighted by Gasteiger charge is -2.31. The van der Waals surface area contributed by atoms with Crippen LogP contribution in [0.5, 0.6) is 0 Å². The molecule has 1 saturated heterocycles. The first-order chi connectivity index (χ1) is 5.74. The molecule has 3 atom stereocenters. The number of nitrogens with one attached hydrogen (secondary N) is 1. The minimum Gasteiger partial charge on any atom is -0.392 e. The van der Waals surface area contributed by atoms with Crippen molar-refractivity contribution >= 4 is 0 Å². The predicted molar refractivity (Wildman–Crippen MR) is 51.1 cm³/mol. The highest BCUT2D eigenvalue weighted by molar-refractivity contribution is 4.81. The molecule has 0 aromatic carbocycles. The van der Waals surface area contributed by atoms with Crippen LogP contribution < -0.4 is 5.32 Å². The van der Waals surface area contributed by atoms with Crippen molar-refractivity contribution in [3.63, 3.8) is 0 Å². The van der Waals surface area contributed by atoms with Crippen LogP contribution in [-0.4, -0.2) is 23.8 Å². The molecule has 1 rings (SSSR count). The second-order valence-electron chi connectivity index (χ2n) is 4.05. The molecule has 0 bridgehead atoms. The van der Waals surface area contributed by atoms with E-state index < -0.39 is 0 Å². The number of piperidine rings is 1. The van der Waals surface area contributed by atoms with Gasteiger partial charge in [-0.05, 0) is 31.7 Å². The van der Waals surface area contributed by atoms with Gasteiger partial charge in [-0.1, -0.05) is 20.3 Å². The zero-order valence-corrected chi connectivity index (χ0v) is 8.21. The molecule has 1 aliphatic heterocycles. The third-order valence-corrected chi connectivity index (χ3v) is 2.75. The van der Waals surface area contributed by atoms with Gasteiger partial charge in [0.05, 0.1) is 6.10 Å². The Hall–Kier alpha value is -0.0800. The van der Waals surface area contributed by atoms with E-state index in [2.05, 4.69) is 19.2 Å². The van der Waals surface area contributed by atoms with Crippen LogP contribution in [0.2, 0.25) is 0 Å². The molecule has 0 aromatic rings. The van der Waals surface area contributed by atoms with E-state index >= 15 is 0 Å². The monoisotopic (exact) mass is 171 g/mol. The van der Waals surface area contributed by atoms with Crippen molar-refractivity contribution in [3.05, 3.63) is 0 Å². The van der Waals surface area contributed by atoms with Gasteiger partial charge in [-0.25, -0.2) is 0 Å². The molecule has 0 saturated carbocycles. The molecule has 0 unspecified atom stereocenters. The maximum Gasteiger partial charge on any atom is 0.0693 e. The smallest absolute Gasteiger partial charge is 0.0693 e. The molecule has 2 nitrogen and oxygen atoms in total. The number of hydrogen-bond acceptors (Lipinski definition) is 2. The molecule has 72 valence electrons. The summed E-state index contributed by atoms with van der Waals surface area (Å²) in [6, 6.07) is 0.355. The fraction of sp³-hybridized carbons (Fsp3) is 1.00. The van der Waals surface area contributed by atoms with E-state index in [1.807, 2.05) is 0 Å². The van der Waals surface area contributed by atoms with Crippen LogP contribution in [0.1, 0.15) is 39.5 Å². The molecule has 0 aliphatic carbocycles. The zero-order valence-electron chi connectivity index (χ0n) is 8.21. The zero-order chi connectivity index (χ0) is 8.97. The van der Waals surface area contributed by atoms with Crippen LogP contribution in [0.3, 0.4) is 0 Å². The number of rotatable bonds is 3. The Bertz CT molecular complexity index is 127. The Morgan fingerprint density at radius 2 is 2.33 bits per heavy atom. The molecule has 0 radical (unpaired) electrons. The van der Waals surface area contributed by atoms with Crippen molar-refractivity contribution < 1.29 is 5.11 Å². The van der Waals surface area contributed by atoms with Crippen molar-refractivity contribution in [1.29, 1.82) is 0 Å². The lowest BCUT2D eigenvalue weighted by atomic mass is 9.90. The summed E-state index contributed by atoms with van der Waals surface area (Å²) in [6.07, 6.45) is 4.28. The highest BCUT2D eigenvalue weighted by Crippen LogP contribution is 2.18. The largest absolute Gasteiger partial charge is 0.392 e. The minimum absolute atomic E-state index is 0.127. The number of aliphatic hydroxyl groups excluding tert-OH is 1. The molecule has 2 N–H and O–H groups in total. The van der Waals surface area contributed by atoms with E-state index in [0.717, 1.165) is 31.7 Å². The number of aliphatic hydroxyl groups is 1. The van der Waals surface area contributed by atoms with Crippen molar-refractivity contribution in [2.75, 3.05) is 6.54 Å². The van der Waals surface area contributed by atoms with Gasteiger partial charge < -0.3 is 10.4 Å². The molecule has 0 aromatic heterocycles. The van der Waals surface area contributed by atoms with E-state index in [-0.39, 0.29) is 6.10 Å². The lowest BCUT2D eigenvalue weighted by molar-refractivity contribution is 0.0928. The van der Waals surface area contributed by atoms with Gasteiger partial charge in [-0.15, -0.1) is 0 Å².